The van der Waals surface area contributed by atoms with Gasteiger partial charge in [0.15, 0.2) is 0 Å². The molecule has 0 aromatic heterocycles. The summed E-state index contributed by atoms with van der Waals surface area (Å²) in [4.78, 5) is 35.8. The van der Waals surface area contributed by atoms with Crippen molar-refractivity contribution in [3.05, 3.63) is 29.8 Å². The molecule has 0 saturated heterocycles. The Balaban J connectivity index is 1.86. The highest BCUT2D eigenvalue weighted by atomic mass is 16.4. The predicted octanol–water partition coefficient (Wildman–Crippen LogP) is 3.46. The second-order valence-electron chi connectivity index (χ2n) is 7.99. The first-order chi connectivity index (χ1) is 12.7. The molecule has 0 radical (unpaired) electrons. The van der Waals surface area contributed by atoms with Crippen LogP contribution in [0.1, 0.15) is 64.9 Å². The van der Waals surface area contributed by atoms with E-state index >= 15 is 0 Å². The fourth-order valence-electron chi connectivity index (χ4n) is 3.36. The molecule has 2 amide bonds. The highest BCUT2D eigenvalue weighted by Gasteiger charge is 2.29. The Hall–Kier alpha value is -2.37. The first-order valence-electron chi connectivity index (χ1n) is 9.64. The lowest BCUT2D eigenvalue weighted by Gasteiger charge is -2.22. The van der Waals surface area contributed by atoms with Gasteiger partial charge in [0, 0.05) is 12.1 Å². The van der Waals surface area contributed by atoms with E-state index in [1.165, 1.54) is 19.3 Å². The molecule has 0 bridgehead atoms. The number of carbonyl (C=O) groups excluding carboxylic acids is 2. The molecule has 6 nitrogen and oxygen atoms in total. The minimum absolute atomic E-state index is 0.0805. The third-order valence-corrected chi connectivity index (χ3v) is 5.38. The molecule has 0 aliphatic heterocycles. The summed E-state index contributed by atoms with van der Waals surface area (Å²) in [5.74, 6) is -0.854. The number of hydrogen-bond donors (Lipinski definition) is 3. The van der Waals surface area contributed by atoms with Gasteiger partial charge in [0.2, 0.25) is 11.8 Å². The van der Waals surface area contributed by atoms with Crippen molar-refractivity contribution in [2.24, 2.45) is 5.92 Å². The van der Waals surface area contributed by atoms with E-state index in [1.807, 2.05) is 0 Å². The summed E-state index contributed by atoms with van der Waals surface area (Å²) in [6.07, 6.45) is 6.28. The fourth-order valence-corrected chi connectivity index (χ4v) is 3.36. The van der Waals surface area contributed by atoms with Crippen molar-refractivity contribution in [1.82, 2.24) is 5.32 Å². The lowest BCUT2D eigenvalue weighted by Crippen LogP contribution is -2.42. The molecule has 27 heavy (non-hydrogen) atoms. The Bertz CT molecular complexity index is 676. The number of carboxylic acids is 1. The number of benzene rings is 1. The Labute approximate surface area is 160 Å². The van der Waals surface area contributed by atoms with Crippen LogP contribution in [0.4, 0.5) is 5.69 Å². The van der Waals surface area contributed by atoms with E-state index in [-0.39, 0.29) is 11.8 Å². The van der Waals surface area contributed by atoms with Gasteiger partial charge in [-0.3, -0.25) is 14.4 Å². The Morgan fingerprint density at radius 3 is 2.26 bits per heavy atom. The molecular weight excluding hydrogens is 344 g/mol. The van der Waals surface area contributed by atoms with Crippen LogP contribution < -0.4 is 10.6 Å². The van der Waals surface area contributed by atoms with Crippen LogP contribution >= 0.6 is 0 Å². The fraction of sp³-hybridized carbons (Fsp3) is 0.571. The van der Waals surface area contributed by atoms with Crippen molar-refractivity contribution >= 4 is 23.5 Å². The molecule has 2 rings (SSSR count). The van der Waals surface area contributed by atoms with Crippen molar-refractivity contribution in [1.29, 1.82) is 0 Å². The zero-order valence-electron chi connectivity index (χ0n) is 16.4. The molecule has 1 aliphatic carbocycles. The van der Waals surface area contributed by atoms with Crippen LogP contribution in [0.5, 0.6) is 0 Å². The summed E-state index contributed by atoms with van der Waals surface area (Å²) >= 11 is 0. The summed E-state index contributed by atoms with van der Waals surface area (Å²) in [5, 5.41) is 14.8. The van der Waals surface area contributed by atoms with Gasteiger partial charge in [0.25, 0.3) is 0 Å². The van der Waals surface area contributed by atoms with Crippen LogP contribution in [0.3, 0.4) is 0 Å². The van der Waals surface area contributed by atoms with Crippen molar-refractivity contribution < 1.29 is 19.5 Å². The summed E-state index contributed by atoms with van der Waals surface area (Å²) < 4.78 is 0. The second-order valence-corrected chi connectivity index (χ2v) is 7.99. The van der Waals surface area contributed by atoms with Gasteiger partial charge in [-0.05, 0) is 57.2 Å². The van der Waals surface area contributed by atoms with Gasteiger partial charge in [0.05, 0.1) is 5.41 Å². The lowest BCUT2D eigenvalue weighted by atomic mass is 9.85. The summed E-state index contributed by atoms with van der Waals surface area (Å²) in [6.45, 7) is 4.93. The SMILES string of the molecule is CC(NC(=O)CC1CCCCC1)C(=O)Nc1ccc(C(C)(C)C(=O)O)cc1. The topological polar surface area (TPSA) is 95.5 Å². The standard InChI is InChI=1S/C21H30N2O4/c1-14(22-18(24)13-15-7-5-4-6-8-15)19(25)23-17-11-9-16(10-12-17)21(2,3)20(26)27/h9-12,14-15H,4-8,13H2,1-3H3,(H,22,24)(H,23,25)(H,26,27). The molecule has 0 spiro atoms. The van der Waals surface area contributed by atoms with Crippen LogP contribution in [0.25, 0.3) is 0 Å². The average Bonchev–Trinajstić information content (AvgIpc) is 2.62. The Kier molecular flexibility index (Phi) is 6.99. The second kappa shape index (κ2) is 9.02. The largest absolute Gasteiger partial charge is 0.481 e. The molecule has 1 aliphatic rings. The van der Waals surface area contributed by atoms with Gasteiger partial charge in [-0.2, -0.15) is 0 Å². The molecule has 6 heteroatoms. The van der Waals surface area contributed by atoms with Crippen LogP contribution in [0.15, 0.2) is 24.3 Å². The zero-order chi connectivity index (χ0) is 20.0. The maximum absolute atomic E-state index is 12.3. The van der Waals surface area contributed by atoms with Crippen LogP contribution in [0, 0.1) is 5.92 Å². The molecule has 1 aromatic rings. The first kappa shape index (κ1) is 20.9. The molecule has 0 heterocycles. The summed E-state index contributed by atoms with van der Waals surface area (Å²) in [5.41, 5.74) is 0.225. The van der Waals surface area contributed by atoms with E-state index in [2.05, 4.69) is 10.6 Å². The number of amides is 2. The minimum Gasteiger partial charge on any atom is -0.481 e. The molecule has 1 aromatic carbocycles. The Morgan fingerprint density at radius 2 is 1.70 bits per heavy atom. The van der Waals surface area contributed by atoms with E-state index in [4.69, 9.17) is 0 Å². The van der Waals surface area contributed by atoms with E-state index in [0.29, 0.717) is 23.6 Å². The highest BCUT2D eigenvalue weighted by Crippen LogP contribution is 2.26. The van der Waals surface area contributed by atoms with Gasteiger partial charge >= 0.3 is 5.97 Å². The number of carbonyl (C=O) groups is 3. The van der Waals surface area contributed by atoms with E-state index in [9.17, 15) is 19.5 Å². The van der Waals surface area contributed by atoms with Gasteiger partial charge in [-0.1, -0.05) is 31.4 Å². The van der Waals surface area contributed by atoms with Gasteiger partial charge in [-0.15, -0.1) is 0 Å². The smallest absolute Gasteiger partial charge is 0.313 e. The molecular formula is C21H30N2O4. The molecule has 3 N–H and O–H groups in total. The number of nitrogens with one attached hydrogen (secondary N) is 2. The predicted molar refractivity (Wildman–Crippen MR) is 105 cm³/mol. The maximum atomic E-state index is 12.3. The zero-order valence-corrected chi connectivity index (χ0v) is 16.4. The van der Waals surface area contributed by atoms with Gasteiger partial charge in [-0.25, -0.2) is 0 Å². The number of carboxylic acid groups (broad SMARTS) is 1. The van der Waals surface area contributed by atoms with Crippen molar-refractivity contribution in [3.8, 4) is 0 Å². The molecule has 1 unspecified atom stereocenters. The first-order valence-corrected chi connectivity index (χ1v) is 9.64. The quantitative estimate of drug-likeness (QED) is 0.681. The minimum atomic E-state index is -0.997. The van der Waals surface area contributed by atoms with E-state index in [1.54, 1.807) is 45.0 Å². The molecule has 148 valence electrons. The third-order valence-electron chi connectivity index (χ3n) is 5.38. The maximum Gasteiger partial charge on any atom is 0.313 e. The molecule has 1 atom stereocenters. The summed E-state index contributed by atoms with van der Waals surface area (Å²) in [7, 11) is 0. The molecule has 1 fully saturated rings. The van der Waals surface area contributed by atoms with Crippen LogP contribution in [0.2, 0.25) is 0 Å². The Morgan fingerprint density at radius 1 is 1.11 bits per heavy atom. The van der Waals surface area contributed by atoms with E-state index < -0.39 is 17.4 Å². The third kappa shape index (κ3) is 5.81. The van der Waals surface area contributed by atoms with Crippen molar-refractivity contribution in [2.45, 2.75) is 70.8 Å². The molecule has 1 saturated carbocycles. The lowest BCUT2D eigenvalue weighted by molar-refractivity contribution is -0.142. The normalized spacial score (nSPS) is 16.4. The van der Waals surface area contributed by atoms with Crippen LogP contribution in [-0.4, -0.2) is 28.9 Å². The van der Waals surface area contributed by atoms with E-state index in [0.717, 1.165) is 12.8 Å². The highest BCUT2D eigenvalue weighted by molar-refractivity contribution is 5.97. The van der Waals surface area contributed by atoms with Crippen molar-refractivity contribution in [3.63, 3.8) is 0 Å². The van der Waals surface area contributed by atoms with Gasteiger partial charge < -0.3 is 15.7 Å². The number of rotatable bonds is 7. The van der Waals surface area contributed by atoms with Crippen LogP contribution in [-0.2, 0) is 19.8 Å². The monoisotopic (exact) mass is 374 g/mol. The van der Waals surface area contributed by atoms with Gasteiger partial charge in [0.1, 0.15) is 6.04 Å². The number of aliphatic carboxylic acids is 1. The number of anilines is 1. The average molecular weight is 374 g/mol. The number of hydrogen-bond acceptors (Lipinski definition) is 3. The van der Waals surface area contributed by atoms with Crippen molar-refractivity contribution in [2.75, 3.05) is 5.32 Å². The summed E-state index contributed by atoms with van der Waals surface area (Å²) in [6, 6.07) is 6.10.